The fraction of sp³-hybridized carbons (Fsp3) is 0.200. The number of hydrogen-bond donors (Lipinski definition) is 0. The fourth-order valence-electron chi connectivity index (χ4n) is 4.26. The molecule has 0 aromatic heterocycles. The number of hydrogen-bond acceptors (Lipinski definition) is 2. The van der Waals surface area contributed by atoms with E-state index in [2.05, 4.69) is 105 Å². The van der Waals surface area contributed by atoms with Gasteiger partial charge in [-0.2, -0.15) is 0 Å². The molecule has 32 heavy (non-hydrogen) atoms. The molecule has 0 N–H and O–H groups in total. The molecule has 0 bridgehead atoms. The van der Waals surface area contributed by atoms with Gasteiger partial charge < -0.3 is 9.64 Å². The molecule has 4 aromatic rings. The molecule has 0 aliphatic heterocycles. The Bertz CT molecular complexity index is 1160. The van der Waals surface area contributed by atoms with Gasteiger partial charge in [-0.3, -0.25) is 0 Å². The Labute approximate surface area is 192 Å². The van der Waals surface area contributed by atoms with E-state index < -0.39 is 0 Å². The van der Waals surface area contributed by atoms with Crippen molar-refractivity contribution in [2.45, 2.75) is 34.1 Å². The van der Waals surface area contributed by atoms with Crippen LogP contribution in [-0.2, 0) is 6.42 Å². The Balaban J connectivity index is 1.80. The van der Waals surface area contributed by atoms with Crippen molar-refractivity contribution in [1.29, 1.82) is 0 Å². The summed E-state index contributed by atoms with van der Waals surface area (Å²) >= 11 is 0. The zero-order chi connectivity index (χ0) is 22.7. The van der Waals surface area contributed by atoms with Gasteiger partial charge in [0.05, 0.1) is 7.11 Å². The smallest absolute Gasteiger partial charge is 0.119 e. The van der Waals surface area contributed by atoms with E-state index in [-0.39, 0.29) is 0 Å². The molecule has 0 fully saturated rings. The van der Waals surface area contributed by atoms with Crippen molar-refractivity contribution < 1.29 is 4.74 Å². The summed E-state index contributed by atoms with van der Waals surface area (Å²) < 4.78 is 5.38. The molecule has 0 amide bonds. The van der Waals surface area contributed by atoms with Gasteiger partial charge in [0.2, 0.25) is 0 Å². The SMILES string of the molecule is CCc1ccc(N(c2ccc(OC)cc2)c2ccc(-c3ccc(C)cc3C)c(C)c2)cc1. The normalized spacial score (nSPS) is 10.8. The van der Waals surface area contributed by atoms with Crippen LogP contribution in [-0.4, -0.2) is 7.11 Å². The highest BCUT2D eigenvalue weighted by atomic mass is 16.5. The fourth-order valence-corrected chi connectivity index (χ4v) is 4.26. The van der Waals surface area contributed by atoms with Crippen LogP contribution in [0.2, 0.25) is 0 Å². The molecule has 2 nitrogen and oxygen atoms in total. The molecule has 0 saturated carbocycles. The van der Waals surface area contributed by atoms with E-state index in [4.69, 9.17) is 4.74 Å². The Kier molecular flexibility index (Phi) is 6.32. The van der Waals surface area contributed by atoms with Crippen LogP contribution in [0.25, 0.3) is 11.1 Å². The Morgan fingerprint density at radius 2 is 1.16 bits per heavy atom. The Morgan fingerprint density at radius 3 is 1.69 bits per heavy atom. The zero-order valence-corrected chi connectivity index (χ0v) is 19.6. The van der Waals surface area contributed by atoms with Crippen LogP contribution in [0.3, 0.4) is 0 Å². The summed E-state index contributed by atoms with van der Waals surface area (Å²) in [6.07, 6.45) is 1.03. The largest absolute Gasteiger partial charge is 0.497 e. The van der Waals surface area contributed by atoms with Gasteiger partial charge in [-0.25, -0.2) is 0 Å². The minimum Gasteiger partial charge on any atom is -0.497 e. The molecule has 4 aromatic carbocycles. The number of benzene rings is 4. The van der Waals surface area contributed by atoms with Crippen molar-refractivity contribution >= 4 is 17.1 Å². The first-order valence-corrected chi connectivity index (χ1v) is 11.2. The van der Waals surface area contributed by atoms with E-state index in [1.165, 1.54) is 33.4 Å². The minimum absolute atomic E-state index is 0.858. The molecule has 2 heteroatoms. The van der Waals surface area contributed by atoms with E-state index in [1.807, 2.05) is 12.1 Å². The van der Waals surface area contributed by atoms with Crippen LogP contribution in [0.4, 0.5) is 17.1 Å². The van der Waals surface area contributed by atoms with E-state index in [0.717, 1.165) is 29.2 Å². The number of rotatable bonds is 6. The van der Waals surface area contributed by atoms with Crippen molar-refractivity contribution in [3.8, 4) is 16.9 Å². The van der Waals surface area contributed by atoms with Gasteiger partial charge in [-0.15, -0.1) is 0 Å². The van der Waals surface area contributed by atoms with Crippen LogP contribution in [0.15, 0.2) is 84.9 Å². The maximum absolute atomic E-state index is 5.38. The zero-order valence-electron chi connectivity index (χ0n) is 19.6. The van der Waals surface area contributed by atoms with Crippen molar-refractivity contribution in [3.05, 3.63) is 107 Å². The second-order valence-electron chi connectivity index (χ2n) is 8.37. The average molecular weight is 422 g/mol. The van der Waals surface area contributed by atoms with E-state index in [0.29, 0.717) is 0 Å². The summed E-state index contributed by atoms with van der Waals surface area (Å²) in [5, 5.41) is 0. The Morgan fingerprint density at radius 1 is 0.625 bits per heavy atom. The topological polar surface area (TPSA) is 12.5 Å². The summed E-state index contributed by atoms with van der Waals surface area (Å²) in [5.74, 6) is 0.858. The number of ether oxygens (including phenoxy) is 1. The lowest BCUT2D eigenvalue weighted by atomic mass is 9.95. The molecular formula is C30H31NO. The highest BCUT2D eigenvalue weighted by Gasteiger charge is 2.15. The van der Waals surface area contributed by atoms with Gasteiger partial charge in [-0.1, -0.05) is 48.9 Å². The van der Waals surface area contributed by atoms with Gasteiger partial charge >= 0.3 is 0 Å². The Hall–Kier alpha value is -3.52. The lowest BCUT2D eigenvalue weighted by Gasteiger charge is -2.27. The van der Waals surface area contributed by atoms with E-state index in [9.17, 15) is 0 Å². The van der Waals surface area contributed by atoms with Crippen molar-refractivity contribution in [1.82, 2.24) is 0 Å². The summed E-state index contributed by atoms with van der Waals surface area (Å²) in [6.45, 7) is 8.72. The van der Waals surface area contributed by atoms with E-state index in [1.54, 1.807) is 7.11 Å². The minimum atomic E-state index is 0.858. The molecule has 0 aliphatic carbocycles. The third kappa shape index (κ3) is 4.40. The maximum Gasteiger partial charge on any atom is 0.119 e. The summed E-state index contributed by atoms with van der Waals surface area (Å²) in [4.78, 5) is 2.30. The first-order chi connectivity index (χ1) is 15.5. The molecule has 0 spiro atoms. The van der Waals surface area contributed by atoms with Gasteiger partial charge in [-0.05, 0) is 104 Å². The van der Waals surface area contributed by atoms with Gasteiger partial charge in [0.1, 0.15) is 5.75 Å². The molecule has 0 heterocycles. The van der Waals surface area contributed by atoms with Crippen LogP contribution in [0.5, 0.6) is 5.75 Å². The molecule has 0 saturated heterocycles. The summed E-state index contributed by atoms with van der Waals surface area (Å²) in [5.41, 5.74) is 11.2. The average Bonchev–Trinajstić information content (AvgIpc) is 2.81. The number of methoxy groups -OCH3 is 1. The molecule has 0 atom stereocenters. The molecular weight excluding hydrogens is 390 g/mol. The third-order valence-corrected chi connectivity index (χ3v) is 6.07. The van der Waals surface area contributed by atoms with Crippen molar-refractivity contribution in [3.63, 3.8) is 0 Å². The van der Waals surface area contributed by atoms with Crippen LogP contribution >= 0.6 is 0 Å². The predicted octanol–water partition coefficient (Wildman–Crippen LogP) is 8.32. The van der Waals surface area contributed by atoms with Crippen LogP contribution in [0, 0.1) is 20.8 Å². The summed E-state index contributed by atoms with van der Waals surface area (Å²) in [6, 6.07) is 30.5. The highest BCUT2D eigenvalue weighted by Crippen LogP contribution is 2.38. The standard InChI is InChI=1S/C30H31NO/c1-6-24-8-10-25(11-9-24)31(26-12-15-28(32-5)16-13-26)27-14-18-30(23(4)20-27)29-17-7-21(2)19-22(29)3/h7-20H,6H2,1-5H3. The lowest BCUT2D eigenvalue weighted by Crippen LogP contribution is -2.10. The molecule has 162 valence electrons. The lowest BCUT2D eigenvalue weighted by molar-refractivity contribution is 0.415. The third-order valence-electron chi connectivity index (χ3n) is 6.07. The van der Waals surface area contributed by atoms with Crippen LogP contribution in [0.1, 0.15) is 29.2 Å². The molecule has 0 radical (unpaired) electrons. The van der Waals surface area contributed by atoms with Gasteiger partial charge in [0.15, 0.2) is 0 Å². The van der Waals surface area contributed by atoms with Crippen molar-refractivity contribution in [2.75, 3.05) is 12.0 Å². The first-order valence-electron chi connectivity index (χ1n) is 11.2. The van der Waals surface area contributed by atoms with E-state index >= 15 is 0 Å². The number of nitrogens with zero attached hydrogens (tertiary/aromatic N) is 1. The predicted molar refractivity (Wildman–Crippen MR) is 137 cm³/mol. The molecule has 4 rings (SSSR count). The number of aryl methyl sites for hydroxylation is 4. The molecule has 0 unspecified atom stereocenters. The summed E-state index contributed by atoms with van der Waals surface area (Å²) in [7, 11) is 1.70. The second-order valence-corrected chi connectivity index (χ2v) is 8.37. The van der Waals surface area contributed by atoms with Gasteiger partial charge in [0.25, 0.3) is 0 Å². The second kappa shape index (κ2) is 9.32. The highest BCUT2D eigenvalue weighted by molar-refractivity contribution is 5.80. The van der Waals surface area contributed by atoms with Gasteiger partial charge in [0, 0.05) is 17.1 Å². The monoisotopic (exact) mass is 421 g/mol. The molecule has 0 aliphatic rings. The van der Waals surface area contributed by atoms with Crippen molar-refractivity contribution in [2.24, 2.45) is 0 Å². The van der Waals surface area contributed by atoms with Crippen LogP contribution < -0.4 is 9.64 Å². The number of anilines is 3. The first kappa shape index (κ1) is 21.7. The maximum atomic E-state index is 5.38. The quantitative estimate of drug-likeness (QED) is 0.310.